The van der Waals surface area contributed by atoms with Crippen LogP contribution >= 0.6 is 0 Å². The number of benzene rings is 1. The van der Waals surface area contributed by atoms with Crippen LogP contribution < -0.4 is 10.6 Å². The van der Waals surface area contributed by atoms with Gasteiger partial charge in [-0.2, -0.15) is 0 Å². The molecular weight excluding hydrogens is 266 g/mol. The number of hydrogen-bond acceptors (Lipinski definition) is 5. The third kappa shape index (κ3) is 5.69. The van der Waals surface area contributed by atoms with Gasteiger partial charge < -0.3 is 10.6 Å². The van der Waals surface area contributed by atoms with Crippen molar-refractivity contribution in [2.45, 2.75) is 13.3 Å². The minimum atomic E-state index is -0.803. The molecule has 1 rings (SSSR count). The number of non-ortho nitro benzene ring substituents is 1. The third-order valence-electron chi connectivity index (χ3n) is 2.45. The van der Waals surface area contributed by atoms with Gasteiger partial charge in [0.05, 0.1) is 4.92 Å². The summed E-state index contributed by atoms with van der Waals surface area (Å²) in [4.78, 5) is 10.4. The highest BCUT2D eigenvalue weighted by molar-refractivity contribution is 7.84. The molecule has 1 aromatic rings. The Kier molecular flexibility index (Phi) is 6.27. The lowest BCUT2D eigenvalue weighted by atomic mass is 10.2. The summed E-state index contributed by atoms with van der Waals surface area (Å²) in [7, 11) is -0.803. The lowest BCUT2D eigenvalue weighted by Crippen LogP contribution is -2.07. The molecule has 0 radical (unpaired) electrons. The van der Waals surface area contributed by atoms with E-state index < -0.39 is 15.7 Å². The van der Waals surface area contributed by atoms with Crippen molar-refractivity contribution in [3.63, 3.8) is 0 Å². The second-order valence-corrected chi connectivity index (χ2v) is 5.67. The van der Waals surface area contributed by atoms with Crippen molar-refractivity contribution in [3.8, 4) is 0 Å². The molecule has 0 heterocycles. The number of hydrogen-bond donors (Lipinski definition) is 2. The van der Waals surface area contributed by atoms with Crippen LogP contribution in [-0.4, -0.2) is 34.2 Å². The van der Waals surface area contributed by atoms with Gasteiger partial charge in [0.15, 0.2) is 0 Å². The first-order chi connectivity index (χ1) is 9.02. The van der Waals surface area contributed by atoms with Crippen LogP contribution in [0.4, 0.5) is 17.1 Å². The molecule has 0 aliphatic heterocycles. The average Bonchev–Trinajstić information content (AvgIpc) is 2.34. The molecule has 2 N–H and O–H groups in total. The zero-order valence-corrected chi connectivity index (χ0v) is 12.0. The van der Waals surface area contributed by atoms with Crippen molar-refractivity contribution in [2.75, 3.05) is 35.7 Å². The Morgan fingerprint density at radius 3 is 2.42 bits per heavy atom. The molecule has 0 bridgehead atoms. The van der Waals surface area contributed by atoms with Crippen LogP contribution in [0.1, 0.15) is 13.3 Å². The van der Waals surface area contributed by atoms with Gasteiger partial charge in [-0.1, -0.05) is 0 Å². The molecule has 0 aliphatic carbocycles. The Balaban J connectivity index is 2.70. The van der Waals surface area contributed by atoms with Crippen LogP contribution in [0.25, 0.3) is 0 Å². The maximum absolute atomic E-state index is 10.9. The van der Waals surface area contributed by atoms with Crippen LogP contribution in [0.3, 0.4) is 0 Å². The highest BCUT2D eigenvalue weighted by atomic mass is 32.2. The Morgan fingerprint density at radius 1 is 1.26 bits per heavy atom. The summed E-state index contributed by atoms with van der Waals surface area (Å²) >= 11 is 0. The maximum Gasteiger partial charge on any atom is 0.273 e. The molecule has 1 unspecified atom stereocenters. The van der Waals surface area contributed by atoms with E-state index in [0.29, 0.717) is 24.5 Å². The standard InChI is InChI=1S/C12H19N3O3S/c1-3-13-10-7-11(9-12(8-10)15(16)17)14-5-4-6-19(2)18/h7-9,13-14H,3-6H2,1-2H3. The van der Waals surface area contributed by atoms with Crippen molar-refractivity contribution >= 4 is 27.9 Å². The molecule has 0 amide bonds. The van der Waals surface area contributed by atoms with Crippen LogP contribution in [-0.2, 0) is 10.8 Å². The molecule has 0 spiro atoms. The van der Waals surface area contributed by atoms with Gasteiger partial charge in [0, 0.05) is 59.4 Å². The molecule has 0 aromatic heterocycles. The Morgan fingerprint density at radius 2 is 1.89 bits per heavy atom. The number of anilines is 2. The zero-order chi connectivity index (χ0) is 14.3. The number of rotatable bonds is 8. The van der Waals surface area contributed by atoms with Gasteiger partial charge >= 0.3 is 0 Å². The monoisotopic (exact) mass is 285 g/mol. The lowest BCUT2D eigenvalue weighted by molar-refractivity contribution is -0.384. The first kappa shape index (κ1) is 15.4. The van der Waals surface area contributed by atoms with Gasteiger partial charge in [-0.3, -0.25) is 14.3 Å². The molecule has 1 aromatic carbocycles. The van der Waals surface area contributed by atoms with E-state index in [4.69, 9.17) is 0 Å². The summed E-state index contributed by atoms with van der Waals surface area (Å²) in [6.07, 6.45) is 2.43. The molecule has 7 heteroatoms. The molecule has 106 valence electrons. The van der Waals surface area contributed by atoms with Gasteiger partial charge in [0.2, 0.25) is 0 Å². The Hall–Kier alpha value is -1.63. The van der Waals surface area contributed by atoms with Gasteiger partial charge in [-0.25, -0.2) is 0 Å². The third-order valence-corrected chi connectivity index (χ3v) is 3.31. The number of nitro groups is 1. The minimum Gasteiger partial charge on any atom is -0.385 e. The van der Waals surface area contributed by atoms with Gasteiger partial charge in [-0.15, -0.1) is 0 Å². The first-order valence-electron chi connectivity index (χ1n) is 6.10. The molecular formula is C12H19N3O3S. The van der Waals surface area contributed by atoms with E-state index >= 15 is 0 Å². The smallest absolute Gasteiger partial charge is 0.273 e. The summed E-state index contributed by atoms with van der Waals surface area (Å²) in [6.45, 7) is 3.28. The maximum atomic E-state index is 10.9. The largest absolute Gasteiger partial charge is 0.385 e. The van der Waals surface area contributed by atoms with E-state index in [1.165, 1.54) is 12.1 Å². The summed E-state index contributed by atoms with van der Waals surface area (Å²) < 4.78 is 10.9. The van der Waals surface area contributed by atoms with Crippen molar-refractivity contribution in [1.29, 1.82) is 0 Å². The lowest BCUT2D eigenvalue weighted by Gasteiger charge is -2.09. The quantitative estimate of drug-likeness (QED) is 0.434. The molecule has 0 aliphatic rings. The predicted octanol–water partition coefficient (Wildman–Crippen LogP) is 2.21. The predicted molar refractivity (Wildman–Crippen MR) is 79.3 cm³/mol. The van der Waals surface area contributed by atoms with Crippen molar-refractivity contribution in [1.82, 2.24) is 0 Å². The summed E-state index contributed by atoms with van der Waals surface area (Å²) in [5.74, 6) is 0.627. The number of nitro benzene ring substituents is 1. The van der Waals surface area contributed by atoms with Gasteiger partial charge in [0.25, 0.3) is 5.69 Å². The highest BCUT2D eigenvalue weighted by Gasteiger charge is 2.09. The van der Waals surface area contributed by atoms with E-state index in [9.17, 15) is 14.3 Å². The second kappa shape index (κ2) is 7.73. The van der Waals surface area contributed by atoms with Crippen LogP contribution in [0.15, 0.2) is 18.2 Å². The molecule has 0 saturated carbocycles. The molecule has 0 saturated heterocycles. The van der Waals surface area contributed by atoms with Gasteiger partial charge in [-0.05, 0) is 19.4 Å². The molecule has 6 nitrogen and oxygen atoms in total. The average molecular weight is 285 g/mol. The van der Waals surface area contributed by atoms with Crippen molar-refractivity contribution in [2.24, 2.45) is 0 Å². The highest BCUT2D eigenvalue weighted by Crippen LogP contribution is 2.24. The topological polar surface area (TPSA) is 84.3 Å². The zero-order valence-electron chi connectivity index (χ0n) is 11.1. The summed E-state index contributed by atoms with van der Waals surface area (Å²) in [5.41, 5.74) is 1.48. The van der Waals surface area contributed by atoms with E-state index in [1.807, 2.05) is 13.0 Å². The fourth-order valence-corrected chi connectivity index (χ4v) is 2.18. The molecule has 1 atom stereocenters. The molecule has 0 fully saturated rings. The minimum absolute atomic E-state index is 0.0556. The number of nitrogens with one attached hydrogen (secondary N) is 2. The van der Waals surface area contributed by atoms with E-state index in [0.717, 1.165) is 12.1 Å². The first-order valence-corrected chi connectivity index (χ1v) is 7.83. The van der Waals surface area contributed by atoms with Crippen LogP contribution in [0.2, 0.25) is 0 Å². The van der Waals surface area contributed by atoms with Crippen LogP contribution in [0.5, 0.6) is 0 Å². The normalized spacial score (nSPS) is 11.9. The van der Waals surface area contributed by atoms with E-state index in [1.54, 1.807) is 6.26 Å². The molecule has 19 heavy (non-hydrogen) atoms. The fourth-order valence-electron chi connectivity index (χ4n) is 1.63. The van der Waals surface area contributed by atoms with E-state index in [2.05, 4.69) is 10.6 Å². The number of nitrogens with zero attached hydrogens (tertiary/aromatic N) is 1. The van der Waals surface area contributed by atoms with Gasteiger partial charge in [0.1, 0.15) is 0 Å². The Bertz CT molecular complexity index is 466. The van der Waals surface area contributed by atoms with Crippen molar-refractivity contribution < 1.29 is 9.13 Å². The SMILES string of the molecule is CCNc1cc(NCCCS(C)=O)cc([N+](=O)[O-])c1. The van der Waals surface area contributed by atoms with Crippen LogP contribution in [0, 0.1) is 10.1 Å². The van der Waals surface area contributed by atoms with E-state index in [-0.39, 0.29) is 5.69 Å². The fraction of sp³-hybridized carbons (Fsp3) is 0.500. The Labute approximate surface area is 115 Å². The summed E-state index contributed by atoms with van der Waals surface area (Å²) in [6, 6.07) is 4.85. The van der Waals surface area contributed by atoms with Crippen molar-refractivity contribution in [3.05, 3.63) is 28.3 Å². The second-order valence-electron chi connectivity index (χ2n) is 4.11. The summed E-state index contributed by atoms with van der Waals surface area (Å²) in [5, 5.41) is 17.0.